The Hall–Kier alpha value is -1.14. The Morgan fingerprint density at radius 2 is 1.73 bits per heavy atom. The summed E-state index contributed by atoms with van der Waals surface area (Å²) in [6, 6.07) is 0. The number of aliphatic carboxylic acids is 2. The third-order valence-corrected chi connectivity index (χ3v) is 1.74. The molecule has 0 rings (SSSR count). The van der Waals surface area contributed by atoms with Crippen molar-refractivity contribution in [2.24, 2.45) is 5.92 Å². The van der Waals surface area contributed by atoms with Crippen molar-refractivity contribution in [2.45, 2.75) is 6.92 Å². The smallest absolute Gasteiger partial charge is 0.317 e. The number of methoxy groups -OCH3 is 1. The second-order valence-electron chi connectivity index (χ2n) is 3.52. The summed E-state index contributed by atoms with van der Waals surface area (Å²) in [5.74, 6) is -1.95. The Kier molecular flexibility index (Phi) is 6.64. The highest BCUT2D eigenvalue weighted by atomic mass is 16.5. The summed E-state index contributed by atoms with van der Waals surface area (Å²) in [7, 11) is 1.55. The molecule has 0 heterocycles. The number of carboxylic acids is 2. The molecule has 0 spiro atoms. The van der Waals surface area contributed by atoms with E-state index in [2.05, 4.69) is 0 Å². The van der Waals surface area contributed by atoms with Gasteiger partial charge < -0.3 is 14.9 Å². The van der Waals surface area contributed by atoms with E-state index in [-0.39, 0.29) is 19.0 Å². The van der Waals surface area contributed by atoms with E-state index in [1.807, 2.05) is 6.92 Å². The van der Waals surface area contributed by atoms with Crippen LogP contribution in [0.1, 0.15) is 6.92 Å². The van der Waals surface area contributed by atoms with Gasteiger partial charge >= 0.3 is 11.9 Å². The zero-order valence-corrected chi connectivity index (χ0v) is 8.97. The number of ether oxygens (including phenoxy) is 1. The number of carboxylic acid groups (broad SMARTS) is 2. The average Bonchev–Trinajstić information content (AvgIpc) is 2.00. The predicted octanol–water partition coefficient (Wildman–Crippen LogP) is -0.260. The Bertz CT molecular complexity index is 203. The van der Waals surface area contributed by atoms with Crippen LogP contribution in [-0.4, -0.2) is 60.4 Å². The van der Waals surface area contributed by atoms with E-state index < -0.39 is 11.9 Å². The van der Waals surface area contributed by atoms with Crippen molar-refractivity contribution >= 4 is 11.9 Å². The zero-order chi connectivity index (χ0) is 11.8. The average molecular weight is 219 g/mol. The van der Waals surface area contributed by atoms with Crippen molar-refractivity contribution in [1.29, 1.82) is 0 Å². The van der Waals surface area contributed by atoms with Gasteiger partial charge in [-0.25, -0.2) is 0 Å². The lowest BCUT2D eigenvalue weighted by Gasteiger charge is -2.21. The summed E-state index contributed by atoms with van der Waals surface area (Å²) in [5.41, 5.74) is 0. The second kappa shape index (κ2) is 7.19. The van der Waals surface area contributed by atoms with Crippen LogP contribution in [0.2, 0.25) is 0 Å². The fourth-order valence-corrected chi connectivity index (χ4v) is 1.35. The van der Waals surface area contributed by atoms with Gasteiger partial charge in [0.25, 0.3) is 0 Å². The third-order valence-electron chi connectivity index (χ3n) is 1.74. The van der Waals surface area contributed by atoms with Crippen LogP contribution in [0.3, 0.4) is 0 Å². The van der Waals surface area contributed by atoms with E-state index in [9.17, 15) is 9.59 Å². The predicted molar refractivity (Wildman–Crippen MR) is 52.8 cm³/mol. The van der Waals surface area contributed by atoms with E-state index in [0.717, 1.165) is 0 Å². The van der Waals surface area contributed by atoms with Crippen LogP contribution >= 0.6 is 0 Å². The van der Waals surface area contributed by atoms with Crippen LogP contribution in [0.5, 0.6) is 0 Å². The molecule has 0 aromatic rings. The molecule has 6 heteroatoms. The summed E-state index contributed by atoms with van der Waals surface area (Å²) < 4.78 is 4.89. The Morgan fingerprint density at radius 1 is 1.27 bits per heavy atom. The van der Waals surface area contributed by atoms with Crippen LogP contribution in [0, 0.1) is 5.92 Å². The van der Waals surface area contributed by atoms with Crippen molar-refractivity contribution in [3.63, 3.8) is 0 Å². The minimum absolute atomic E-state index is 0.105. The lowest BCUT2D eigenvalue weighted by Crippen LogP contribution is -2.38. The van der Waals surface area contributed by atoms with Crippen molar-refractivity contribution in [2.75, 3.05) is 33.4 Å². The molecule has 0 aromatic carbocycles. The van der Waals surface area contributed by atoms with E-state index in [4.69, 9.17) is 14.9 Å². The monoisotopic (exact) mass is 219 g/mol. The van der Waals surface area contributed by atoms with Gasteiger partial charge in [0.15, 0.2) is 0 Å². The topological polar surface area (TPSA) is 87.1 Å². The normalized spacial score (nSPS) is 12.7. The number of nitrogens with zero attached hydrogens (tertiary/aromatic N) is 1. The fraction of sp³-hybridized carbons (Fsp3) is 0.778. The van der Waals surface area contributed by atoms with Crippen LogP contribution in [0.4, 0.5) is 0 Å². The maximum atomic E-state index is 10.5. The molecule has 0 fully saturated rings. The van der Waals surface area contributed by atoms with E-state index in [1.54, 1.807) is 7.11 Å². The van der Waals surface area contributed by atoms with Crippen molar-refractivity contribution < 1.29 is 24.5 Å². The van der Waals surface area contributed by atoms with Gasteiger partial charge in [-0.15, -0.1) is 0 Å². The SMILES string of the molecule is COCC(C)CN(CC(=O)O)CC(=O)O. The molecule has 1 unspecified atom stereocenters. The molecule has 0 amide bonds. The molecule has 0 saturated heterocycles. The highest BCUT2D eigenvalue weighted by molar-refractivity contribution is 5.72. The second-order valence-corrected chi connectivity index (χ2v) is 3.52. The third kappa shape index (κ3) is 7.90. The molecule has 88 valence electrons. The lowest BCUT2D eigenvalue weighted by atomic mass is 10.2. The molecular formula is C9H17NO5. The lowest BCUT2D eigenvalue weighted by molar-refractivity contribution is -0.142. The number of hydrogen-bond donors (Lipinski definition) is 2. The van der Waals surface area contributed by atoms with Crippen molar-refractivity contribution in [1.82, 2.24) is 4.90 Å². The Morgan fingerprint density at radius 3 is 2.07 bits per heavy atom. The molecule has 2 N–H and O–H groups in total. The Balaban J connectivity index is 4.10. The molecule has 0 aliphatic carbocycles. The minimum Gasteiger partial charge on any atom is -0.480 e. The van der Waals surface area contributed by atoms with E-state index >= 15 is 0 Å². The number of carbonyl (C=O) groups is 2. The van der Waals surface area contributed by atoms with E-state index in [0.29, 0.717) is 13.2 Å². The van der Waals surface area contributed by atoms with Gasteiger partial charge in [-0.3, -0.25) is 14.5 Å². The Labute approximate surface area is 88.4 Å². The first kappa shape index (κ1) is 13.9. The molecular weight excluding hydrogens is 202 g/mol. The summed E-state index contributed by atoms with van der Waals surface area (Å²) >= 11 is 0. The van der Waals surface area contributed by atoms with Gasteiger partial charge in [0, 0.05) is 20.3 Å². The van der Waals surface area contributed by atoms with Gasteiger partial charge in [-0.1, -0.05) is 6.92 Å². The van der Waals surface area contributed by atoms with Gasteiger partial charge in [0.1, 0.15) is 0 Å². The molecule has 15 heavy (non-hydrogen) atoms. The summed E-state index contributed by atoms with van der Waals surface area (Å²) in [6.45, 7) is 2.23. The molecule has 6 nitrogen and oxygen atoms in total. The highest BCUT2D eigenvalue weighted by Crippen LogP contribution is 2.00. The van der Waals surface area contributed by atoms with Crippen molar-refractivity contribution in [3.8, 4) is 0 Å². The van der Waals surface area contributed by atoms with Crippen LogP contribution in [-0.2, 0) is 14.3 Å². The molecule has 0 aliphatic heterocycles. The minimum atomic E-state index is -1.03. The van der Waals surface area contributed by atoms with Crippen LogP contribution < -0.4 is 0 Å². The molecule has 0 radical (unpaired) electrons. The van der Waals surface area contributed by atoms with Crippen LogP contribution in [0.25, 0.3) is 0 Å². The van der Waals surface area contributed by atoms with Crippen molar-refractivity contribution in [3.05, 3.63) is 0 Å². The van der Waals surface area contributed by atoms with Crippen LogP contribution in [0.15, 0.2) is 0 Å². The molecule has 0 saturated carbocycles. The molecule has 0 aliphatic rings. The highest BCUT2D eigenvalue weighted by Gasteiger charge is 2.16. The fourth-order valence-electron chi connectivity index (χ4n) is 1.35. The summed E-state index contributed by atoms with van der Waals surface area (Å²) in [4.78, 5) is 22.3. The first-order chi connectivity index (χ1) is 6.95. The standard InChI is InChI=1S/C9H17NO5/c1-7(6-15-2)3-10(4-8(11)12)5-9(13)14/h7H,3-6H2,1-2H3,(H,11,12)(H,13,14). The van der Waals surface area contributed by atoms with E-state index in [1.165, 1.54) is 4.90 Å². The summed E-state index contributed by atoms with van der Waals surface area (Å²) in [6.07, 6.45) is 0. The molecule has 0 aromatic heterocycles. The zero-order valence-electron chi connectivity index (χ0n) is 8.97. The number of rotatable bonds is 8. The molecule has 0 bridgehead atoms. The largest absolute Gasteiger partial charge is 0.480 e. The number of hydrogen-bond acceptors (Lipinski definition) is 4. The van der Waals surface area contributed by atoms with Gasteiger partial charge in [0.05, 0.1) is 13.1 Å². The maximum Gasteiger partial charge on any atom is 0.317 e. The van der Waals surface area contributed by atoms with Gasteiger partial charge in [-0.2, -0.15) is 0 Å². The summed E-state index contributed by atoms with van der Waals surface area (Å²) in [5, 5.41) is 17.1. The first-order valence-electron chi connectivity index (χ1n) is 4.60. The quantitative estimate of drug-likeness (QED) is 0.585. The van der Waals surface area contributed by atoms with Gasteiger partial charge in [0.2, 0.25) is 0 Å². The maximum absolute atomic E-state index is 10.5. The first-order valence-corrected chi connectivity index (χ1v) is 4.60. The molecule has 1 atom stereocenters. The van der Waals surface area contributed by atoms with Gasteiger partial charge in [-0.05, 0) is 5.92 Å².